The van der Waals surface area contributed by atoms with Crippen molar-refractivity contribution < 1.29 is 27.7 Å². The number of ketones is 1. The van der Waals surface area contributed by atoms with Gasteiger partial charge in [0, 0.05) is 36.0 Å². The zero-order valence-corrected chi connectivity index (χ0v) is 18.9. The van der Waals surface area contributed by atoms with Gasteiger partial charge in [-0.3, -0.25) is 19.8 Å². The van der Waals surface area contributed by atoms with E-state index in [-0.39, 0.29) is 28.8 Å². The number of carbonyl (C=O) groups excluding carboxylic acids is 1. The number of likely N-dealkylation sites (tertiary alicyclic amines) is 1. The van der Waals surface area contributed by atoms with Gasteiger partial charge in [-0.25, -0.2) is 8.78 Å². The van der Waals surface area contributed by atoms with Crippen molar-refractivity contribution in [2.45, 2.75) is 39.0 Å². The van der Waals surface area contributed by atoms with Crippen LogP contribution in [0.25, 0.3) is 11.0 Å². The highest BCUT2D eigenvalue weighted by Gasteiger charge is 2.26. The van der Waals surface area contributed by atoms with E-state index in [2.05, 4.69) is 4.90 Å². The van der Waals surface area contributed by atoms with Gasteiger partial charge in [0.15, 0.2) is 23.2 Å². The van der Waals surface area contributed by atoms with Crippen molar-refractivity contribution in [1.29, 1.82) is 0 Å². The van der Waals surface area contributed by atoms with Gasteiger partial charge in [-0.05, 0) is 50.6 Å². The number of non-ortho nitro benzene ring substituents is 1. The second-order valence-corrected chi connectivity index (χ2v) is 8.44. The molecule has 7 nitrogen and oxygen atoms in total. The second kappa shape index (κ2) is 10.3. The molecule has 0 N–H and O–H groups in total. The molecule has 2 heterocycles. The average molecular weight is 472 g/mol. The van der Waals surface area contributed by atoms with E-state index in [1.165, 1.54) is 18.2 Å². The van der Waals surface area contributed by atoms with Crippen LogP contribution < -0.4 is 4.74 Å². The molecule has 0 aliphatic carbocycles. The average Bonchev–Trinajstić information content (AvgIpc) is 3.45. The zero-order valence-electron chi connectivity index (χ0n) is 18.9. The lowest BCUT2D eigenvalue weighted by Crippen LogP contribution is -2.25. The molecule has 9 heteroatoms. The Morgan fingerprint density at radius 3 is 2.53 bits per heavy atom. The van der Waals surface area contributed by atoms with Gasteiger partial charge in [-0.2, -0.15) is 0 Å². The lowest BCUT2D eigenvalue weighted by atomic mass is 9.97. The Kier molecular flexibility index (Phi) is 7.21. The number of unbranched alkanes of at least 4 members (excludes halogenated alkanes) is 1. The number of hydrogen-bond donors (Lipinski definition) is 0. The number of hydrogen-bond acceptors (Lipinski definition) is 6. The molecule has 1 saturated heterocycles. The summed E-state index contributed by atoms with van der Waals surface area (Å²) in [6.07, 6.45) is 4.17. The van der Waals surface area contributed by atoms with Crippen molar-refractivity contribution in [2.24, 2.45) is 0 Å². The quantitative estimate of drug-likeness (QED) is 0.215. The minimum absolute atomic E-state index is 0.0913. The smallest absolute Gasteiger partial charge is 0.270 e. The van der Waals surface area contributed by atoms with E-state index in [0.717, 1.165) is 44.5 Å². The molecule has 1 aromatic heterocycles. The van der Waals surface area contributed by atoms with Crippen LogP contribution in [-0.4, -0.2) is 41.8 Å². The predicted octanol–water partition coefficient (Wildman–Crippen LogP) is 5.67. The molecule has 180 valence electrons. The number of nitro benzene ring substituents is 1. The van der Waals surface area contributed by atoms with Gasteiger partial charge in [0.25, 0.3) is 5.69 Å². The van der Waals surface area contributed by atoms with Crippen molar-refractivity contribution >= 4 is 22.4 Å². The lowest BCUT2D eigenvalue weighted by Gasteiger charge is -2.15. The summed E-state index contributed by atoms with van der Waals surface area (Å²) in [7, 11) is 0. The van der Waals surface area contributed by atoms with Crippen molar-refractivity contribution in [1.82, 2.24) is 4.90 Å². The number of rotatable bonds is 10. The van der Waals surface area contributed by atoms with Crippen molar-refractivity contribution in [3.63, 3.8) is 0 Å². The molecular weight excluding hydrogens is 446 g/mol. The lowest BCUT2D eigenvalue weighted by molar-refractivity contribution is -0.384. The molecule has 0 bridgehead atoms. The molecule has 1 fully saturated rings. The van der Waals surface area contributed by atoms with E-state index in [1.54, 1.807) is 0 Å². The van der Waals surface area contributed by atoms with Crippen LogP contribution in [0.1, 0.15) is 54.3 Å². The van der Waals surface area contributed by atoms with Crippen LogP contribution in [-0.2, 0) is 6.42 Å². The van der Waals surface area contributed by atoms with Gasteiger partial charge < -0.3 is 9.15 Å². The monoisotopic (exact) mass is 472 g/mol. The first-order valence-corrected chi connectivity index (χ1v) is 11.5. The van der Waals surface area contributed by atoms with Crippen molar-refractivity contribution in [3.8, 4) is 5.75 Å². The van der Waals surface area contributed by atoms with Gasteiger partial charge in [0.05, 0.1) is 10.5 Å². The highest BCUT2D eigenvalue weighted by molar-refractivity contribution is 6.17. The third-order valence-corrected chi connectivity index (χ3v) is 6.05. The Morgan fingerprint density at radius 2 is 1.88 bits per heavy atom. The molecule has 4 rings (SSSR count). The van der Waals surface area contributed by atoms with Gasteiger partial charge in [-0.15, -0.1) is 0 Å². The minimum Gasteiger partial charge on any atom is -0.486 e. The summed E-state index contributed by atoms with van der Waals surface area (Å²) in [5, 5.41) is 11.5. The van der Waals surface area contributed by atoms with E-state index < -0.39 is 28.1 Å². The highest BCUT2D eigenvalue weighted by atomic mass is 19.1. The molecule has 0 amide bonds. The molecule has 0 atom stereocenters. The largest absolute Gasteiger partial charge is 0.486 e. The maximum Gasteiger partial charge on any atom is 0.270 e. The van der Waals surface area contributed by atoms with Crippen molar-refractivity contribution in [3.05, 3.63) is 69.0 Å². The maximum absolute atomic E-state index is 14.8. The van der Waals surface area contributed by atoms with Gasteiger partial charge in [0.2, 0.25) is 0 Å². The first-order valence-electron chi connectivity index (χ1n) is 11.5. The van der Waals surface area contributed by atoms with Crippen LogP contribution in [0.3, 0.4) is 0 Å². The van der Waals surface area contributed by atoms with E-state index in [1.807, 2.05) is 6.92 Å². The Morgan fingerprint density at radius 1 is 1.18 bits per heavy atom. The standard InChI is InChI=1S/C25H26F2N2O5/c1-2-3-6-22-23(18-15-17(29(31)32)7-8-21(18)34-22)24(30)16-13-19(26)25(20(27)14-16)33-12-11-28-9-4-5-10-28/h7-8,13-15H,2-6,9-12H2,1H3. The normalized spacial score (nSPS) is 14.1. The molecule has 0 unspecified atom stereocenters. The molecule has 0 spiro atoms. The number of furan rings is 1. The van der Waals surface area contributed by atoms with Gasteiger partial charge >= 0.3 is 0 Å². The summed E-state index contributed by atoms with van der Waals surface area (Å²) >= 11 is 0. The zero-order chi connectivity index (χ0) is 24.2. The van der Waals surface area contributed by atoms with E-state index in [9.17, 15) is 23.7 Å². The minimum atomic E-state index is -0.973. The first kappa shape index (κ1) is 23.8. The van der Waals surface area contributed by atoms with Crippen LogP contribution in [0.4, 0.5) is 14.5 Å². The highest BCUT2D eigenvalue weighted by Crippen LogP contribution is 2.33. The molecule has 1 aliphatic heterocycles. The number of benzene rings is 2. The first-order chi connectivity index (χ1) is 16.4. The van der Waals surface area contributed by atoms with Crippen LogP contribution in [0, 0.1) is 21.7 Å². The van der Waals surface area contributed by atoms with E-state index in [4.69, 9.17) is 9.15 Å². The van der Waals surface area contributed by atoms with E-state index in [0.29, 0.717) is 30.7 Å². The summed E-state index contributed by atoms with van der Waals surface area (Å²) in [4.78, 5) is 26.2. The number of aryl methyl sites for hydroxylation is 1. The number of carbonyl (C=O) groups is 1. The topological polar surface area (TPSA) is 85.8 Å². The summed E-state index contributed by atoms with van der Waals surface area (Å²) in [5.74, 6) is -2.78. The SMILES string of the molecule is CCCCc1oc2ccc([N+](=O)[O-])cc2c1C(=O)c1cc(F)c(OCCN2CCCC2)c(F)c1. The fourth-order valence-corrected chi connectivity index (χ4v) is 4.27. The van der Waals surface area contributed by atoms with Crippen LogP contribution in [0.5, 0.6) is 5.75 Å². The molecule has 0 radical (unpaired) electrons. The van der Waals surface area contributed by atoms with Gasteiger partial charge in [0.1, 0.15) is 18.0 Å². The summed E-state index contributed by atoms with van der Waals surface area (Å²) in [5.41, 5.74) is -0.0196. The Hall–Kier alpha value is -3.33. The number of halogens is 2. The van der Waals surface area contributed by atoms with Crippen LogP contribution >= 0.6 is 0 Å². The third-order valence-electron chi connectivity index (χ3n) is 6.05. The Bertz CT molecular complexity index is 1190. The van der Waals surface area contributed by atoms with E-state index >= 15 is 0 Å². The van der Waals surface area contributed by atoms with Gasteiger partial charge in [-0.1, -0.05) is 13.3 Å². The fraction of sp³-hybridized carbons (Fsp3) is 0.400. The fourth-order valence-electron chi connectivity index (χ4n) is 4.27. The summed E-state index contributed by atoms with van der Waals surface area (Å²) < 4.78 is 40.7. The number of fused-ring (bicyclic) bond motifs is 1. The van der Waals surface area contributed by atoms with Crippen LogP contribution in [0.15, 0.2) is 34.7 Å². The molecule has 3 aromatic rings. The number of nitro groups is 1. The third kappa shape index (κ3) is 4.94. The Labute approximate surface area is 195 Å². The molecule has 1 aliphatic rings. The number of ether oxygens (including phenoxy) is 1. The molecule has 34 heavy (non-hydrogen) atoms. The molecular formula is C25H26F2N2O5. The van der Waals surface area contributed by atoms with Crippen molar-refractivity contribution in [2.75, 3.05) is 26.2 Å². The Balaban J connectivity index is 1.65. The summed E-state index contributed by atoms with van der Waals surface area (Å²) in [6.45, 7) is 4.57. The predicted molar refractivity (Wildman–Crippen MR) is 122 cm³/mol. The molecule has 2 aromatic carbocycles. The second-order valence-electron chi connectivity index (χ2n) is 8.44. The summed E-state index contributed by atoms with van der Waals surface area (Å²) in [6, 6.07) is 5.85. The molecule has 0 saturated carbocycles. The number of nitrogens with zero attached hydrogens (tertiary/aromatic N) is 2. The maximum atomic E-state index is 14.8. The van der Waals surface area contributed by atoms with Crippen LogP contribution in [0.2, 0.25) is 0 Å².